The van der Waals surface area contributed by atoms with Crippen molar-refractivity contribution in [1.29, 1.82) is 0 Å². The Balaban J connectivity index is 1.43. The molecule has 0 bridgehead atoms. The van der Waals surface area contributed by atoms with E-state index in [0.29, 0.717) is 36.8 Å². The van der Waals surface area contributed by atoms with Crippen molar-refractivity contribution in [3.05, 3.63) is 53.1 Å². The Morgan fingerprint density at radius 1 is 1.07 bits per heavy atom. The van der Waals surface area contributed by atoms with Crippen LogP contribution in [0, 0.1) is 0 Å². The van der Waals surface area contributed by atoms with Crippen molar-refractivity contribution in [3.8, 4) is 0 Å². The molecule has 0 atom stereocenters. The summed E-state index contributed by atoms with van der Waals surface area (Å²) in [5.74, 6) is -0.0875. The first kappa shape index (κ1) is 21.1. The van der Waals surface area contributed by atoms with Gasteiger partial charge in [-0.15, -0.1) is 0 Å². The Morgan fingerprint density at radius 3 is 2.33 bits per heavy atom. The lowest BCUT2D eigenvalue weighted by Gasteiger charge is -2.34. The molecule has 0 unspecified atom stereocenters. The third kappa shape index (κ3) is 3.91. The fourth-order valence-electron chi connectivity index (χ4n) is 3.38. The van der Waals surface area contributed by atoms with Gasteiger partial charge in [-0.2, -0.15) is 0 Å². The first-order chi connectivity index (χ1) is 14.3. The number of rotatable bonds is 4. The highest BCUT2D eigenvalue weighted by molar-refractivity contribution is 7.92. The Kier molecular flexibility index (Phi) is 5.74. The number of carbonyl (C=O) groups excluding carboxylic acids is 1. The highest BCUT2D eigenvalue weighted by atomic mass is 35.5. The number of benzene rings is 2. The number of thiazole rings is 1. The summed E-state index contributed by atoms with van der Waals surface area (Å²) in [7, 11) is -3.34. The van der Waals surface area contributed by atoms with Crippen LogP contribution in [0.15, 0.2) is 47.4 Å². The average Bonchev–Trinajstić information content (AvgIpc) is 3.19. The molecule has 9 heteroatoms. The summed E-state index contributed by atoms with van der Waals surface area (Å²) in [6.45, 7) is 5.82. The second-order valence-corrected chi connectivity index (χ2v) is 11.4. The molecule has 158 valence electrons. The Labute approximate surface area is 185 Å². The summed E-state index contributed by atoms with van der Waals surface area (Å²) >= 11 is 7.83. The van der Waals surface area contributed by atoms with Crippen LogP contribution in [0.25, 0.3) is 10.2 Å². The van der Waals surface area contributed by atoms with Gasteiger partial charge in [-0.05, 0) is 50.2 Å². The average molecular weight is 464 g/mol. The maximum absolute atomic E-state index is 12.9. The topological polar surface area (TPSA) is 70.6 Å². The van der Waals surface area contributed by atoms with E-state index in [1.165, 1.54) is 12.1 Å². The number of piperazine rings is 1. The quantitative estimate of drug-likeness (QED) is 0.582. The number of carbonyl (C=O) groups is 1. The van der Waals surface area contributed by atoms with Crippen LogP contribution in [-0.4, -0.2) is 55.6 Å². The minimum atomic E-state index is -3.34. The van der Waals surface area contributed by atoms with Crippen molar-refractivity contribution in [1.82, 2.24) is 9.88 Å². The highest BCUT2D eigenvalue weighted by Gasteiger charge is 2.25. The van der Waals surface area contributed by atoms with Gasteiger partial charge in [0.1, 0.15) is 5.52 Å². The standard InChI is InChI=1S/C21H22ClN3O3S2/c1-14(2)30(27,28)16-8-6-15(7-9-16)20(26)24-10-12-25(13-11-24)21-23-19-17(22)4-3-5-18(19)29-21/h3-9,14H,10-13H2,1-2H3. The molecule has 4 rings (SSSR count). The Bertz CT molecular complexity index is 1180. The second-order valence-electron chi connectivity index (χ2n) is 7.48. The molecule has 1 aromatic heterocycles. The van der Waals surface area contributed by atoms with Crippen LogP contribution in [-0.2, 0) is 9.84 Å². The largest absolute Gasteiger partial charge is 0.345 e. The summed E-state index contributed by atoms with van der Waals surface area (Å²) in [4.78, 5) is 21.7. The number of nitrogens with zero attached hydrogens (tertiary/aromatic N) is 3. The predicted octanol–water partition coefficient (Wildman–Crippen LogP) is 4.09. The molecule has 2 aromatic carbocycles. The van der Waals surface area contributed by atoms with Crippen molar-refractivity contribution in [3.63, 3.8) is 0 Å². The SMILES string of the molecule is CC(C)S(=O)(=O)c1ccc(C(=O)N2CCN(c3nc4c(Cl)cccc4s3)CC2)cc1. The second kappa shape index (κ2) is 8.17. The Hall–Kier alpha value is -2.16. The summed E-state index contributed by atoms with van der Waals surface area (Å²) in [5.41, 5.74) is 1.31. The molecule has 0 radical (unpaired) electrons. The van der Waals surface area contributed by atoms with Gasteiger partial charge in [0.15, 0.2) is 15.0 Å². The normalized spacial score (nSPS) is 15.2. The lowest BCUT2D eigenvalue weighted by atomic mass is 10.2. The van der Waals surface area contributed by atoms with Gasteiger partial charge in [0.25, 0.3) is 5.91 Å². The van der Waals surface area contributed by atoms with Gasteiger partial charge in [-0.1, -0.05) is 29.0 Å². The zero-order valence-electron chi connectivity index (χ0n) is 16.7. The molecule has 1 saturated heterocycles. The van der Waals surface area contributed by atoms with E-state index in [1.54, 1.807) is 42.2 Å². The number of fused-ring (bicyclic) bond motifs is 1. The van der Waals surface area contributed by atoms with Crippen LogP contribution in [0.1, 0.15) is 24.2 Å². The van der Waals surface area contributed by atoms with Gasteiger partial charge in [-0.25, -0.2) is 13.4 Å². The molecule has 0 saturated carbocycles. The smallest absolute Gasteiger partial charge is 0.253 e. The number of halogens is 1. The lowest BCUT2D eigenvalue weighted by molar-refractivity contribution is 0.0746. The van der Waals surface area contributed by atoms with Crippen molar-refractivity contribution >= 4 is 54.0 Å². The molecule has 6 nitrogen and oxygen atoms in total. The molecule has 30 heavy (non-hydrogen) atoms. The fraction of sp³-hybridized carbons (Fsp3) is 0.333. The van der Waals surface area contributed by atoms with E-state index in [-0.39, 0.29) is 10.8 Å². The number of aromatic nitrogens is 1. The van der Waals surface area contributed by atoms with Crippen LogP contribution in [0.3, 0.4) is 0 Å². The van der Waals surface area contributed by atoms with E-state index in [1.807, 2.05) is 18.2 Å². The van der Waals surface area contributed by atoms with Crippen LogP contribution >= 0.6 is 22.9 Å². The number of hydrogen-bond acceptors (Lipinski definition) is 6. The highest BCUT2D eigenvalue weighted by Crippen LogP contribution is 2.33. The van der Waals surface area contributed by atoms with Crippen LogP contribution in [0.5, 0.6) is 0 Å². The molecule has 1 amide bonds. The van der Waals surface area contributed by atoms with E-state index >= 15 is 0 Å². The minimum Gasteiger partial charge on any atom is -0.345 e. The fourth-order valence-corrected chi connectivity index (χ4v) is 5.76. The molecule has 1 aliphatic heterocycles. The van der Waals surface area contributed by atoms with Crippen LogP contribution < -0.4 is 4.90 Å². The number of para-hydroxylation sites is 1. The van der Waals surface area contributed by atoms with Gasteiger partial charge in [0, 0.05) is 31.7 Å². The van der Waals surface area contributed by atoms with E-state index in [4.69, 9.17) is 11.6 Å². The third-order valence-corrected chi connectivity index (χ3v) is 8.80. The molecule has 0 aliphatic carbocycles. The predicted molar refractivity (Wildman–Crippen MR) is 122 cm³/mol. The van der Waals surface area contributed by atoms with Crippen molar-refractivity contribution < 1.29 is 13.2 Å². The zero-order valence-corrected chi connectivity index (χ0v) is 19.1. The summed E-state index contributed by atoms with van der Waals surface area (Å²) < 4.78 is 25.6. The molecular formula is C21H22ClN3O3S2. The molecule has 2 heterocycles. The van der Waals surface area contributed by atoms with E-state index in [9.17, 15) is 13.2 Å². The van der Waals surface area contributed by atoms with E-state index < -0.39 is 15.1 Å². The number of sulfone groups is 1. The van der Waals surface area contributed by atoms with Crippen molar-refractivity contribution in [2.45, 2.75) is 24.0 Å². The first-order valence-electron chi connectivity index (χ1n) is 9.70. The first-order valence-corrected chi connectivity index (χ1v) is 12.4. The van der Waals surface area contributed by atoms with Crippen LogP contribution in [0.2, 0.25) is 5.02 Å². The Morgan fingerprint density at radius 2 is 1.73 bits per heavy atom. The van der Waals surface area contributed by atoms with Gasteiger partial charge in [0.05, 0.1) is 19.9 Å². The van der Waals surface area contributed by atoms with Crippen molar-refractivity contribution in [2.75, 3.05) is 31.1 Å². The van der Waals surface area contributed by atoms with Gasteiger partial charge in [0.2, 0.25) is 0 Å². The van der Waals surface area contributed by atoms with E-state index in [0.717, 1.165) is 15.3 Å². The molecule has 0 spiro atoms. The molecule has 0 N–H and O–H groups in total. The third-order valence-electron chi connectivity index (χ3n) is 5.25. The molecular weight excluding hydrogens is 442 g/mol. The molecule has 1 fully saturated rings. The monoisotopic (exact) mass is 463 g/mol. The summed E-state index contributed by atoms with van der Waals surface area (Å²) in [6.07, 6.45) is 0. The van der Waals surface area contributed by atoms with Gasteiger partial charge in [-0.3, -0.25) is 4.79 Å². The lowest BCUT2D eigenvalue weighted by Crippen LogP contribution is -2.48. The van der Waals surface area contributed by atoms with Crippen molar-refractivity contribution in [2.24, 2.45) is 0 Å². The van der Waals surface area contributed by atoms with E-state index in [2.05, 4.69) is 9.88 Å². The minimum absolute atomic E-state index is 0.0875. The zero-order chi connectivity index (χ0) is 21.5. The van der Waals surface area contributed by atoms with Crippen LogP contribution in [0.4, 0.5) is 5.13 Å². The summed E-state index contributed by atoms with van der Waals surface area (Å²) in [5, 5.41) is 1.06. The number of anilines is 1. The molecule has 3 aromatic rings. The number of amides is 1. The maximum atomic E-state index is 12.9. The molecule has 1 aliphatic rings. The number of hydrogen-bond donors (Lipinski definition) is 0. The maximum Gasteiger partial charge on any atom is 0.253 e. The summed E-state index contributed by atoms with van der Waals surface area (Å²) in [6, 6.07) is 12.0. The van der Waals surface area contributed by atoms with Gasteiger partial charge >= 0.3 is 0 Å². The van der Waals surface area contributed by atoms with Gasteiger partial charge < -0.3 is 9.80 Å².